The minimum atomic E-state index is 0.630. The number of aromatic amines is 1. The summed E-state index contributed by atoms with van der Waals surface area (Å²) in [6.45, 7) is 8.03. The maximum Gasteiger partial charge on any atom is 0.0366 e. The Hall–Kier alpha value is -0.760. The minimum absolute atomic E-state index is 0.630. The summed E-state index contributed by atoms with van der Waals surface area (Å²) in [6.07, 6.45) is 4.47. The van der Waals surface area contributed by atoms with Crippen LogP contribution in [-0.4, -0.2) is 22.5 Å². The zero-order chi connectivity index (χ0) is 10.1. The van der Waals surface area contributed by atoms with Crippen molar-refractivity contribution in [3.63, 3.8) is 0 Å². The standard InChI is InChI=1S/C12H20N2/c1-4-12-10-6-7-13-11(10)8-9(3)14(12)5-2/h6-7,9,12-13H,4-5,8H2,1-3H3/t9-,12-/m1/s1. The van der Waals surface area contributed by atoms with Crippen molar-refractivity contribution in [2.24, 2.45) is 0 Å². The third kappa shape index (κ3) is 1.38. The van der Waals surface area contributed by atoms with Crippen LogP contribution in [0.1, 0.15) is 44.5 Å². The second-order valence-corrected chi connectivity index (χ2v) is 4.22. The van der Waals surface area contributed by atoms with E-state index >= 15 is 0 Å². The second kappa shape index (κ2) is 3.77. The molecule has 1 aliphatic heterocycles. The molecule has 78 valence electrons. The molecule has 14 heavy (non-hydrogen) atoms. The predicted molar refractivity (Wildman–Crippen MR) is 59.4 cm³/mol. The van der Waals surface area contributed by atoms with Crippen molar-refractivity contribution in [1.82, 2.24) is 9.88 Å². The van der Waals surface area contributed by atoms with Gasteiger partial charge in [0.25, 0.3) is 0 Å². The average Bonchev–Trinajstić information content (AvgIpc) is 2.62. The summed E-state index contributed by atoms with van der Waals surface area (Å²) in [6, 6.07) is 3.55. The predicted octanol–water partition coefficient (Wildman–Crippen LogP) is 2.73. The van der Waals surface area contributed by atoms with Gasteiger partial charge in [0.2, 0.25) is 0 Å². The average molecular weight is 192 g/mol. The van der Waals surface area contributed by atoms with Crippen LogP contribution in [0.5, 0.6) is 0 Å². The molecule has 2 heteroatoms. The zero-order valence-electron chi connectivity index (χ0n) is 9.38. The molecule has 2 nitrogen and oxygen atoms in total. The molecule has 1 aliphatic rings. The van der Waals surface area contributed by atoms with Crippen LogP contribution in [0, 0.1) is 0 Å². The number of rotatable bonds is 2. The Balaban J connectivity index is 2.35. The van der Waals surface area contributed by atoms with Gasteiger partial charge in [-0.25, -0.2) is 0 Å². The van der Waals surface area contributed by atoms with Crippen LogP contribution >= 0.6 is 0 Å². The van der Waals surface area contributed by atoms with E-state index in [9.17, 15) is 0 Å². The molecule has 0 radical (unpaired) electrons. The number of aromatic nitrogens is 1. The van der Waals surface area contributed by atoms with Gasteiger partial charge in [-0.05, 0) is 31.5 Å². The molecule has 0 aromatic carbocycles. The van der Waals surface area contributed by atoms with Crippen molar-refractivity contribution in [2.45, 2.75) is 45.7 Å². The van der Waals surface area contributed by atoms with E-state index in [4.69, 9.17) is 0 Å². The highest BCUT2D eigenvalue weighted by atomic mass is 15.2. The number of nitrogens with one attached hydrogen (secondary N) is 1. The van der Waals surface area contributed by atoms with Gasteiger partial charge in [0.15, 0.2) is 0 Å². The summed E-state index contributed by atoms with van der Waals surface area (Å²) in [4.78, 5) is 5.98. The monoisotopic (exact) mass is 192 g/mol. The number of nitrogens with zero attached hydrogens (tertiary/aromatic N) is 1. The van der Waals surface area contributed by atoms with E-state index in [1.807, 2.05) is 0 Å². The normalized spacial score (nSPS) is 27.6. The Labute approximate surface area is 86.3 Å². The van der Waals surface area contributed by atoms with Gasteiger partial charge in [0.1, 0.15) is 0 Å². The highest BCUT2D eigenvalue weighted by Gasteiger charge is 2.30. The lowest BCUT2D eigenvalue weighted by atomic mass is 9.92. The van der Waals surface area contributed by atoms with Gasteiger partial charge in [-0.2, -0.15) is 0 Å². The first-order chi connectivity index (χ1) is 6.77. The van der Waals surface area contributed by atoms with Crippen molar-refractivity contribution in [2.75, 3.05) is 6.54 Å². The summed E-state index contributed by atoms with van der Waals surface area (Å²) in [7, 11) is 0. The summed E-state index contributed by atoms with van der Waals surface area (Å²) in [5.74, 6) is 0. The number of H-pyrrole nitrogens is 1. The molecule has 0 fully saturated rings. The topological polar surface area (TPSA) is 19.0 Å². The fraction of sp³-hybridized carbons (Fsp3) is 0.667. The van der Waals surface area contributed by atoms with Gasteiger partial charge in [0, 0.05) is 30.4 Å². The molecule has 1 aromatic heterocycles. The Kier molecular flexibility index (Phi) is 2.64. The van der Waals surface area contributed by atoms with E-state index in [0.29, 0.717) is 12.1 Å². The van der Waals surface area contributed by atoms with Crippen molar-refractivity contribution >= 4 is 0 Å². The molecular weight excluding hydrogens is 172 g/mol. The van der Waals surface area contributed by atoms with E-state index in [1.165, 1.54) is 24.1 Å². The number of hydrogen-bond donors (Lipinski definition) is 1. The Morgan fingerprint density at radius 2 is 2.29 bits per heavy atom. The largest absolute Gasteiger partial charge is 0.365 e. The number of fused-ring (bicyclic) bond motifs is 1. The lowest BCUT2D eigenvalue weighted by molar-refractivity contribution is 0.131. The smallest absolute Gasteiger partial charge is 0.0366 e. The van der Waals surface area contributed by atoms with E-state index in [1.54, 1.807) is 0 Å². The van der Waals surface area contributed by atoms with Crippen LogP contribution < -0.4 is 0 Å². The molecule has 2 rings (SSSR count). The Morgan fingerprint density at radius 3 is 2.93 bits per heavy atom. The molecule has 0 amide bonds. The summed E-state index contributed by atoms with van der Waals surface area (Å²) >= 11 is 0. The summed E-state index contributed by atoms with van der Waals surface area (Å²) < 4.78 is 0. The maximum absolute atomic E-state index is 3.37. The van der Waals surface area contributed by atoms with Crippen molar-refractivity contribution in [1.29, 1.82) is 0 Å². The molecule has 0 spiro atoms. The SMILES string of the molecule is CC[C@@H]1c2cc[nH]c2C[C@@H](C)N1CC. The Bertz CT molecular complexity index is 303. The maximum atomic E-state index is 3.37. The van der Waals surface area contributed by atoms with Gasteiger partial charge in [-0.3, -0.25) is 4.90 Å². The van der Waals surface area contributed by atoms with Crippen LogP contribution in [-0.2, 0) is 6.42 Å². The van der Waals surface area contributed by atoms with Gasteiger partial charge in [-0.1, -0.05) is 13.8 Å². The number of hydrogen-bond acceptors (Lipinski definition) is 1. The van der Waals surface area contributed by atoms with Gasteiger partial charge in [0.05, 0.1) is 0 Å². The summed E-state index contributed by atoms with van der Waals surface area (Å²) in [5, 5.41) is 0. The minimum Gasteiger partial charge on any atom is -0.365 e. The van der Waals surface area contributed by atoms with Gasteiger partial charge < -0.3 is 4.98 Å². The molecule has 0 bridgehead atoms. The van der Waals surface area contributed by atoms with Gasteiger partial charge >= 0.3 is 0 Å². The van der Waals surface area contributed by atoms with Crippen molar-refractivity contribution in [3.8, 4) is 0 Å². The van der Waals surface area contributed by atoms with Crippen LogP contribution in [0.3, 0.4) is 0 Å². The first kappa shape index (κ1) is 9.78. The summed E-state index contributed by atoms with van der Waals surface area (Å²) in [5.41, 5.74) is 2.97. The third-order valence-electron chi connectivity index (χ3n) is 3.45. The molecule has 2 heterocycles. The van der Waals surface area contributed by atoms with Crippen LogP contribution in [0.2, 0.25) is 0 Å². The highest BCUT2D eigenvalue weighted by molar-refractivity contribution is 5.28. The van der Waals surface area contributed by atoms with E-state index in [-0.39, 0.29) is 0 Å². The molecule has 1 aromatic rings. The molecule has 0 saturated heterocycles. The highest BCUT2D eigenvalue weighted by Crippen LogP contribution is 2.34. The lowest BCUT2D eigenvalue weighted by Gasteiger charge is -2.39. The molecule has 0 saturated carbocycles. The Morgan fingerprint density at radius 1 is 1.50 bits per heavy atom. The quantitative estimate of drug-likeness (QED) is 0.763. The number of likely N-dealkylation sites (N-methyl/N-ethyl adjacent to an activating group) is 1. The van der Waals surface area contributed by atoms with Crippen molar-refractivity contribution < 1.29 is 0 Å². The lowest BCUT2D eigenvalue weighted by Crippen LogP contribution is -2.41. The fourth-order valence-electron chi connectivity index (χ4n) is 2.79. The second-order valence-electron chi connectivity index (χ2n) is 4.22. The van der Waals surface area contributed by atoms with E-state index in [0.717, 1.165) is 6.54 Å². The molecule has 0 unspecified atom stereocenters. The van der Waals surface area contributed by atoms with Crippen LogP contribution in [0.4, 0.5) is 0 Å². The third-order valence-corrected chi connectivity index (χ3v) is 3.45. The van der Waals surface area contributed by atoms with Gasteiger partial charge in [-0.15, -0.1) is 0 Å². The first-order valence-electron chi connectivity index (χ1n) is 5.69. The zero-order valence-corrected chi connectivity index (χ0v) is 9.38. The molecule has 0 aliphatic carbocycles. The van der Waals surface area contributed by atoms with Crippen molar-refractivity contribution in [3.05, 3.63) is 23.5 Å². The molecular formula is C12H20N2. The molecule has 2 atom stereocenters. The van der Waals surface area contributed by atoms with Crippen LogP contribution in [0.25, 0.3) is 0 Å². The fourth-order valence-corrected chi connectivity index (χ4v) is 2.79. The molecule has 1 N–H and O–H groups in total. The van der Waals surface area contributed by atoms with E-state index < -0.39 is 0 Å². The van der Waals surface area contributed by atoms with E-state index in [2.05, 4.69) is 42.9 Å². The van der Waals surface area contributed by atoms with Crippen LogP contribution in [0.15, 0.2) is 12.3 Å². The first-order valence-corrected chi connectivity index (χ1v) is 5.69.